The number of ether oxygens (including phenoxy) is 1. The van der Waals surface area contributed by atoms with Crippen LogP contribution in [0.2, 0.25) is 0 Å². The van der Waals surface area contributed by atoms with Gasteiger partial charge in [-0.15, -0.1) is 13.2 Å². The van der Waals surface area contributed by atoms with Crippen molar-refractivity contribution in [2.24, 2.45) is 0 Å². The van der Waals surface area contributed by atoms with Crippen LogP contribution in [-0.2, 0) is 15.2 Å². The average Bonchev–Trinajstić information content (AvgIpc) is 3.40. The molecule has 0 bridgehead atoms. The van der Waals surface area contributed by atoms with E-state index in [9.17, 15) is 27.9 Å². The summed E-state index contributed by atoms with van der Waals surface area (Å²) in [6.45, 7) is -0.412. The molecule has 3 N–H and O–H groups in total. The lowest BCUT2D eigenvalue weighted by Crippen LogP contribution is -2.45. The minimum Gasteiger partial charge on any atom is -0.472 e. The van der Waals surface area contributed by atoms with E-state index >= 15 is 0 Å². The number of amides is 2. The fourth-order valence-electron chi connectivity index (χ4n) is 2.56. The molecule has 0 aliphatic heterocycles. The molecule has 2 aromatic heterocycles. The molecule has 8 nitrogen and oxygen atoms in total. The smallest absolute Gasteiger partial charge is 0.472 e. The van der Waals surface area contributed by atoms with E-state index in [2.05, 4.69) is 15.4 Å². The number of furan rings is 2. The van der Waals surface area contributed by atoms with Crippen LogP contribution in [0.3, 0.4) is 0 Å². The highest BCUT2D eigenvalue weighted by Crippen LogP contribution is 2.30. The minimum atomic E-state index is -4.84. The van der Waals surface area contributed by atoms with E-state index in [1.807, 2.05) is 0 Å². The van der Waals surface area contributed by atoms with Crippen LogP contribution in [-0.4, -0.2) is 29.8 Å². The summed E-state index contributed by atoms with van der Waals surface area (Å²) in [4.78, 5) is 24.2. The van der Waals surface area contributed by atoms with Crippen molar-refractivity contribution in [1.82, 2.24) is 5.32 Å². The summed E-state index contributed by atoms with van der Waals surface area (Å²) in [6, 6.07) is 8.74. The Hall–Kier alpha value is -3.73. The number of benzene rings is 1. The van der Waals surface area contributed by atoms with E-state index in [-0.39, 0.29) is 11.4 Å². The predicted octanol–water partition coefficient (Wildman–Crippen LogP) is 2.76. The van der Waals surface area contributed by atoms with E-state index < -0.39 is 36.1 Å². The number of halogens is 3. The summed E-state index contributed by atoms with van der Waals surface area (Å²) in [6.07, 6.45) is -0.922. The van der Waals surface area contributed by atoms with Crippen molar-refractivity contribution in [3.63, 3.8) is 0 Å². The quantitative estimate of drug-likeness (QED) is 0.525. The molecule has 0 radical (unpaired) electrons. The van der Waals surface area contributed by atoms with Gasteiger partial charge in [0.15, 0.2) is 5.60 Å². The van der Waals surface area contributed by atoms with Gasteiger partial charge in [0.1, 0.15) is 11.5 Å². The molecule has 0 unspecified atom stereocenters. The summed E-state index contributed by atoms with van der Waals surface area (Å²) >= 11 is 0. The van der Waals surface area contributed by atoms with Crippen LogP contribution in [0.1, 0.15) is 11.3 Å². The predicted molar refractivity (Wildman–Crippen MR) is 95.2 cm³/mol. The van der Waals surface area contributed by atoms with E-state index in [4.69, 9.17) is 8.83 Å². The molecule has 2 amide bonds. The highest BCUT2D eigenvalue weighted by atomic mass is 19.4. The van der Waals surface area contributed by atoms with E-state index in [1.165, 1.54) is 30.9 Å². The van der Waals surface area contributed by atoms with Crippen LogP contribution in [0.4, 0.5) is 18.9 Å². The number of hydrogen-bond acceptors (Lipinski definition) is 6. The third-order valence-electron chi connectivity index (χ3n) is 3.98. The zero-order valence-corrected chi connectivity index (χ0v) is 15.1. The number of carbonyl (C=O) groups is 2. The molecular formula is C19H15F3N2O6. The number of alkyl halides is 3. The highest BCUT2D eigenvalue weighted by molar-refractivity contribution is 6.39. The maximum atomic E-state index is 12.2. The van der Waals surface area contributed by atoms with E-state index in [0.717, 1.165) is 24.3 Å². The highest BCUT2D eigenvalue weighted by Gasteiger charge is 2.36. The Kier molecular flexibility index (Phi) is 5.83. The zero-order chi connectivity index (χ0) is 21.8. The van der Waals surface area contributed by atoms with Gasteiger partial charge in [0.05, 0.1) is 25.3 Å². The monoisotopic (exact) mass is 424 g/mol. The van der Waals surface area contributed by atoms with Gasteiger partial charge in [-0.3, -0.25) is 9.59 Å². The summed E-state index contributed by atoms with van der Waals surface area (Å²) in [5.41, 5.74) is -1.43. The maximum Gasteiger partial charge on any atom is 0.573 e. The molecule has 1 aromatic carbocycles. The summed E-state index contributed by atoms with van der Waals surface area (Å²) in [5, 5.41) is 15.5. The van der Waals surface area contributed by atoms with E-state index in [0.29, 0.717) is 5.56 Å². The Morgan fingerprint density at radius 1 is 1.03 bits per heavy atom. The van der Waals surface area contributed by atoms with Crippen molar-refractivity contribution in [2.45, 2.75) is 12.0 Å². The molecule has 0 aliphatic rings. The minimum absolute atomic E-state index is 0.0702. The number of nitrogens with one attached hydrogen (secondary N) is 2. The summed E-state index contributed by atoms with van der Waals surface area (Å²) < 4.78 is 50.4. The fraction of sp³-hybridized carbons (Fsp3) is 0.158. The van der Waals surface area contributed by atoms with Crippen LogP contribution >= 0.6 is 0 Å². The first kappa shape index (κ1) is 21.0. The third-order valence-corrected chi connectivity index (χ3v) is 3.98. The molecule has 0 fully saturated rings. The van der Waals surface area contributed by atoms with Crippen LogP contribution in [0.15, 0.2) is 70.1 Å². The Morgan fingerprint density at radius 2 is 1.77 bits per heavy atom. The van der Waals surface area contributed by atoms with Gasteiger partial charge in [-0.25, -0.2) is 0 Å². The number of hydrogen-bond donors (Lipinski definition) is 3. The van der Waals surface area contributed by atoms with Crippen LogP contribution in [0.5, 0.6) is 5.75 Å². The van der Waals surface area contributed by atoms with Crippen LogP contribution < -0.4 is 15.4 Å². The van der Waals surface area contributed by atoms with Crippen LogP contribution in [0, 0.1) is 0 Å². The molecule has 30 heavy (non-hydrogen) atoms. The zero-order valence-electron chi connectivity index (χ0n) is 15.1. The summed E-state index contributed by atoms with van der Waals surface area (Å²) in [5.74, 6) is -2.54. The molecule has 1 atom stereocenters. The first-order valence-corrected chi connectivity index (χ1v) is 8.41. The second-order valence-corrected chi connectivity index (χ2v) is 6.06. The lowest BCUT2D eigenvalue weighted by Gasteiger charge is -2.25. The largest absolute Gasteiger partial charge is 0.573 e. The van der Waals surface area contributed by atoms with Crippen LogP contribution in [0.25, 0.3) is 0 Å². The van der Waals surface area contributed by atoms with E-state index in [1.54, 1.807) is 6.07 Å². The second-order valence-electron chi connectivity index (χ2n) is 6.06. The van der Waals surface area contributed by atoms with Crippen molar-refractivity contribution in [3.05, 3.63) is 72.6 Å². The molecular weight excluding hydrogens is 409 g/mol. The average molecular weight is 424 g/mol. The Bertz CT molecular complexity index is 948. The van der Waals surface area contributed by atoms with Crippen molar-refractivity contribution in [1.29, 1.82) is 0 Å². The topological polar surface area (TPSA) is 114 Å². The van der Waals surface area contributed by atoms with Gasteiger partial charge >= 0.3 is 18.2 Å². The lowest BCUT2D eigenvalue weighted by molar-refractivity contribution is -0.274. The number of anilines is 1. The molecule has 2 heterocycles. The fourth-order valence-corrected chi connectivity index (χ4v) is 2.56. The van der Waals surface area contributed by atoms with Gasteiger partial charge in [-0.05, 0) is 42.5 Å². The first-order chi connectivity index (χ1) is 14.2. The molecule has 3 rings (SSSR count). The number of rotatable bonds is 6. The molecule has 11 heteroatoms. The Labute approximate surface area is 167 Å². The van der Waals surface area contributed by atoms with Crippen molar-refractivity contribution >= 4 is 17.5 Å². The maximum absolute atomic E-state index is 12.2. The Morgan fingerprint density at radius 3 is 2.33 bits per heavy atom. The van der Waals surface area contributed by atoms with Gasteiger partial charge in [-0.2, -0.15) is 0 Å². The van der Waals surface area contributed by atoms with Gasteiger partial charge in [-0.1, -0.05) is 0 Å². The molecule has 0 spiro atoms. The molecule has 158 valence electrons. The van der Waals surface area contributed by atoms with Crippen molar-refractivity contribution < 1.29 is 41.4 Å². The normalized spacial score (nSPS) is 13.3. The van der Waals surface area contributed by atoms with Crippen molar-refractivity contribution in [2.75, 3.05) is 11.9 Å². The molecule has 0 saturated heterocycles. The lowest BCUT2D eigenvalue weighted by atomic mass is 9.93. The van der Waals surface area contributed by atoms with Gasteiger partial charge in [0.2, 0.25) is 0 Å². The molecule has 0 aliphatic carbocycles. The third kappa shape index (κ3) is 5.00. The van der Waals surface area contributed by atoms with Gasteiger partial charge in [0.25, 0.3) is 0 Å². The number of aliphatic hydroxyl groups is 1. The second kappa shape index (κ2) is 8.33. The van der Waals surface area contributed by atoms with Gasteiger partial charge < -0.3 is 29.3 Å². The number of carbonyl (C=O) groups excluding carboxylic acids is 2. The SMILES string of the molecule is O=C(NC[C@@](O)(c1ccoc1)c1ccco1)C(=O)Nc1ccc(OC(F)(F)F)cc1. The van der Waals surface area contributed by atoms with Gasteiger partial charge in [0, 0.05) is 11.3 Å². The molecule has 3 aromatic rings. The standard InChI is InChI=1S/C19H15F3N2O6/c20-19(21,22)30-14-5-3-13(4-6-14)24-17(26)16(25)23-11-18(27,12-7-9-28-10-12)15-2-1-8-29-15/h1-10,27H,11H2,(H,23,25)(H,24,26)/t18-/m1/s1. The van der Waals surface area contributed by atoms with Crippen molar-refractivity contribution in [3.8, 4) is 5.75 Å². The Balaban J connectivity index is 1.62. The first-order valence-electron chi connectivity index (χ1n) is 8.41. The molecule has 0 saturated carbocycles. The summed E-state index contributed by atoms with van der Waals surface area (Å²) in [7, 11) is 0.